The quantitative estimate of drug-likeness (QED) is 0.399. The van der Waals surface area contributed by atoms with E-state index in [1.807, 2.05) is 6.92 Å². The second-order valence-corrected chi connectivity index (χ2v) is 3.13. The van der Waals surface area contributed by atoms with Crippen molar-refractivity contribution in [2.45, 2.75) is 6.92 Å². The molecular weight excluding hydrogens is 196 g/mol. The van der Waals surface area contributed by atoms with Gasteiger partial charge in [0.05, 0.1) is 13.7 Å². The highest BCUT2D eigenvalue weighted by Gasteiger charge is 1.94. The zero-order valence-corrected chi connectivity index (χ0v) is 8.54. The molecule has 0 unspecified atom stereocenters. The minimum absolute atomic E-state index is 0.401. The van der Waals surface area contributed by atoms with Gasteiger partial charge in [-0.2, -0.15) is 0 Å². The van der Waals surface area contributed by atoms with Crippen molar-refractivity contribution in [3.63, 3.8) is 0 Å². The number of hydrogen-bond donors (Lipinski definition) is 0. The van der Waals surface area contributed by atoms with Crippen molar-refractivity contribution in [1.29, 1.82) is 0 Å². The van der Waals surface area contributed by atoms with Crippen LogP contribution in [0.1, 0.15) is 6.92 Å². The minimum atomic E-state index is -0.401. The van der Waals surface area contributed by atoms with Gasteiger partial charge >= 0.3 is 5.97 Å². The molecule has 12 heavy (non-hydrogen) atoms. The Morgan fingerprint density at radius 2 is 2.33 bits per heavy atom. The summed E-state index contributed by atoms with van der Waals surface area (Å²) in [5.41, 5.74) is 0. The maximum absolute atomic E-state index is 10.5. The van der Waals surface area contributed by atoms with E-state index in [9.17, 15) is 4.79 Å². The Kier molecular flexibility index (Phi) is 6.79. The highest BCUT2D eigenvalue weighted by Crippen LogP contribution is 2.06. The zero-order valence-electron chi connectivity index (χ0n) is 6.90. The van der Waals surface area contributed by atoms with E-state index < -0.39 is 5.97 Å². The van der Waals surface area contributed by atoms with E-state index in [2.05, 4.69) is 4.74 Å². The fourth-order valence-corrected chi connectivity index (χ4v) is 1.13. The van der Waals surface area contributed by atoms with Crippen LogP contribution in [-0.4, -0.2) is 24.1 Å². The van der Waals surface area contributed by atoms with Crippen LogP contribution >= 0.6 is 24.0 Å². The third-order valence-electron chi connectivity index (χ3n) is 0.832. The van der Waals surface area contributed by atoms with Crippen molar-refractivity contribution < 1.29 is 14.3 Å². The molecule has 0 spiro atoms. The fraction of sp³-hybridized carbons (Fsp3) is 0.429. The van der Waals surface area contributed by atoms with Gasteiger partial charge in [0, 0.05) is 6.08 Å². The predicted octanol–water partition coefficient (Wildman–Crippen LogP) is 1.73. The molecule has 3 nitrogen and oxygen atoms in total. The van der Waals surface area contributed by atoms with Gasteiger partial charge in [-0.15, -0.1) is 0 Å². The third kappa shape index (κ3) is 6.18. The summed E-state index contributed by atoms with van der Waals surface area (Å²) in [7, 11) is 1.32. The fourth-order valence-electron chi connectivity index (χ4n) is 0.365. The summed E-state index contributed by atoms with van der Waals surface area (Å²) in [5, 5.41) is 1.53. The lowest BCUT2D eigenvalue weighted by Gasteiger charge is -1.98. The molecule has 0 aliphatic heterocycles. The molecule has 0 aromatic heterocycles. The van der Waals surface area contributed by atoms with Gasteiger partial charge in [0.1, 0.15) is 0 Å². The van der Waals surface area contributed by atoms with E-state index in [1.165, 1.54) is 30.4 Å². The van der Waals surface area contributed by atoms with Gasteiger partial charge < -0.3 is 9.47 Å². The maximum Gasteiger partial charge on any atom is 0.331 e. The molecule has 0 aromatic carbocycles. The number of carbonyl (C=O) groups is 1. The number of methoxy groups -OCH3 is 1. The molecule has 5 heteroatoms. The number of carbonyl (C=O) groups excluding carboxylic acids is 1. The second kappa shape index (κ2) is 7.12. The van der Waals surface area contributed by atoms with E-state index in [1.54, 1.807) is 0 Å². The lowest BCUT2D eigenvalue weighted by molar-refractivity contribution is -0.134. The van der Waals surface area contributed by atoms with E-state index in [-0.39, 0.29) is 0 Å². The smallest absolute Gasteiger partial charge is 0.331 e. The second-order valence-electron chi connectivity index (χ2n) is 1.63. The first-order valence-electron chi connectivity index (χ1n) is 3.28. The van der Waals surface area contributed by atoms with E-state index in [0.29, 0.717) is 11.0 Å². The molecule has 0 aliphatic rings. The Hall–Kier alpha value is -0.550. The van der Waals surface area contributed by atoms with E-state index in [0.717, 1.165) is 0 Å². The summed E-state index contributed by atoms with van der Waals surface area (Å²) >= 11 is 5.95. The highest BCUT2D eigenvalue weighted by molar-refractivity contribution is 8.24. The van der Waals surface area contributed by atoms with Crippen molar-refractivity contribution in [3.8, 4) is 0 Å². The third-order valence-corrected chi connectivity index (χ3v) is 1.82. The number of esters is 1. The Morgan fingerprint density at radius 3 is 2.83 bits per heavy atom. The van der Waals surface area contributed by atoms with Gasteiger partial charge in [0.2, 0.25) is 4.38 Å². The molecular formula is C7H10O3S2. The Balaban J connectivity index is 3.59. The van der Waals surface area contributed by atoms with E-state index >= 15 is 0 Å². The molecule has 0 aliphatic carbocycles. The molecule has 0 saturated carbocycles. The molecule has 0 rings (SSSR count). The topological polar surface area (TPSA) is 35.5 Å². The predicted molar refractivity (Wildman–Crippen MR) is 53.0 cm³/mol. The van der Waals surface area contributed by atoms with Gasteiger partial charge in [0.15, 0.2) is 0 Å². The number of thiocarbonyl (C=S) groups is 1. The lowest BCUT2D eigenvalue weighted by Crippen LogP contribution is -1.95. The average molecular weight is 206 g/mol. The molecule has 0 heterocycles. The van der Waals surface area contributed by atoms with Crippen LogP contribution < -0.4 is 0 Å². The van der Waals surface area contributed by atoms with Gasteiger partial charge in [-0.25, -0.2) is 4.79 Å². The first-order valence-corrected chi connectivity index (χ1v) is 4.57. The van der Waals surface area contributed by atoms with Gasteiger partial charge in [0.25, 0.3) is 0 Å². The zero-order chi connectivity index (χ0) is 9.40. The van der Waals surface area contributed by atoms with Crippen LogP contribution in [0.2, 0.25) is 0 Å². The molecule has 0 aromatic rings. The van der Waals surface area contributed by atoms with Crippen molar-refractivity contribution in [2.24, 2.45) is 0 Å². The average Bonchev–Trinajstić information content (AvgIpc) is 2.04. The molecule has 0 amide bonds. The van der Waals surface area contributed by atoms with E-state index in [4.69, 9.17) is 17.0 Å². The Labute approximate surface area is 81.1 Å². The van der Waals surface area contributed by atoms with Crippen LogP contribution in [0.5, 0.6) is 0 Å². The van der Waals surface area contributed by atoms with Gasteiger partial charge in [-0.3, -0.25) is 0 Å². The van der Waals surface area contributed by atoms with Crippen LogP contribution in [0.4, 0.5) is 0 Å². The van der Waals surface area contributed by atoms with Crippen molar-refractivity contribution >= 4 is 34.3 Å². The molecule has 0 radical (unpaired) electrons. The minimum Gasteiger partial charge on any atom is -0.479 e. The molecule has 0 atom stereocenters. The monoisotopic (exact) mass is 206 g/mol. The molecule has 0 fully saturated rings. The first-order chi connectivity index (χ1) is 5.70. The summed E-state index contributed by atoms with van der Waals surface area (Å²) in [5.74, 6) is -0.401. The standard InChI is InChI=1S/C7H10O3S2/c1-3-10-7(11)12-5-4-6(8)9-2/h4-5H,3H2,1-2H3/b5-4+. The normalized spacial score (nSPS) is 9.83. The molecule has 0 bridgehead atoms. The lowest BCUT2D eigenvalue weighted by atomic mass is 10.7. The summed E-state index contributed by atoms with van der Waals surface area (Å²) < 4.78 is 9.72. The largest absolute Gasteiger partial charge is 0.479 e. The number of thioether (sulfide) groups is 1. The number of ether oxygens (including phenoxy) is 2. The van der Waals surface area contributed by atoms with Crippen LogP contribution in [0.3, 0.4) is 0 Å². The van der Waals surface area contributed by atoms with Gasteiger partial charge in [-0.05, 0) is 36.3 Å². The summed E-state index contributed by atoms with van der Waals surface area (Å²) in [6, 6.07) is 0. The molecule has 0 N–H and O–H groups in total. The van der Waals surface area contributed by atoms with Gasteiger partial charge in [-0.1, -0.05) is 0 Å². The van der Waals surface area contributed by atoms with Crippen molar-refractivity contribution in [2.75, 3.05) is 13.7 Å². The molecule has 0 saturated heterocycles. The van der Waals surface area contributed by atoms with Crippen LogP contribution in [0.15, 0.2) is 11.5 Å². The number of hydrogen-bond acceptors (Lipinski definition) is 5. The summed E-state index contributed by atoms with van der Waals surface area (Å²) in [6.07, 6.45) is 1.29. The van der Waals surface area contributed by atoms with Crippen LogP contribution in [0.25, 0.3) is 0 Å². The van der Waals surface area contributed by atoms with Crippen LogP contribution in [-0.2, 0) is 14.3 Å². The first kappa shape index (κ1) is 11.4. The summed E-state index contributed by atoms with van der Waals surface area (Å²) in [6.45, 7) is 2.38. The SMILES string of the molecule is CCOC(=S)S/C=C/C(=O)OC. The van der Waals surface area contributed by atoms with Crippen molar-refractivity contribution in [3.05, 3.63) is 11.5 Å². The Bertz CT molecular complexity index is 189. The van der Waals surface area contributed by atoms with Crippen LogP contribution in [0, 0.1) is 0 Å². The number of rotatable bonds is 3. The highest BCUT2D eigenvalue weighted by atomic mass is 32.2. The van der Waals surface area contributed by atoms with Crippen molar-refractivity contribution in [1.82, 2.24) is 0 Å². The molecule has 68 valence electrons. The maximum atomic E-state index is 10.5. The summed E-state index contributed by atoms with van der Waals surface area (Å²) in [4.78, 5) is 10.5. The Morgan fingerprint density at radius 1 is 1.67 bits per heavy atom.